The second-order valence-corrected chi connectivity index (χ2v) is 6.55. The molecule has 0 saturated carbocycles. The lowest BCUT2D eigenvalue weighted by molar-refractivity contribution is 0.112. The van der Waals surface area contributed by atoms with Crippen molar-refractivity contribution >= 4 is 33.8 Å². The van der Waals surface area contributed by atoms with Crippen LogP contribution in [0.4, 0.5) is 5.69 Å². The number of aromatic nitrogens is 1. The summed E-state index contributed by atoms with van der Waals surface area (Å²) in [4.78, 5) is 11.5. The zero-order valence-electron chi connectivity index (χ0n) is 14.7. The van der Waals surface area contributed by atoms with Crippen LogP contribution in [0.3, 0.4) is 0 Å². The number of hydrazine groups is 1. The minimum Gasteiger partial charge on any atom is -0.343 e. The number of fused-ring (bicyclic) bond motifs is 3. The van der Waals surface area contributed by atoms with Crippen molar-refractivity contribution in [3.05, 3.63) is 77.9 Å². The first-order valence-corrected chi connectivity index (χ1v) is 8.71. The number of carbonyl (C=O) groups is 1. The Morgan fingerprint density at radius 1 is 1.00 bits per heavy atom. The first-order chi connectivity index (χ1) is 12.7. The smallest absolute Gasteiger partial charge is 0.150 e. The van der Waals surface area contributed by atoms with Gasteiger partial charge in [-0.3, -0.25) is 4.79 Å². The largest absolute Gasteiger partial charge is 0.343 e. The first-order valence-electron chi connectivity index (χ1n) is 8.71. The van der Waals surface area contributed by atoms with E-state index in [-0.39, 0.29) is 0 Å². The van der Waals surface area contributed by atoms with Gasteiger partial charge in [0.1, 0.15) is 6.29 Å². The van der Waals surface area contributed by atoms with E-state index in [0.717, 1.165) is 29.3 Å². The monoisotopic (exact) mass is 343 g/mol. The van der Waals surface area contributed by atoms with Crippen LogP contribution in [0.5, 0.6) is 0 Å². The molecule has 130 valence electrons. The van der Waals surface area contributed by atoms with E-state index in [1.165, 1.54) is 16.4 Å². The van der Waals surface area contributed by atoms with E-state index >= 15 is 0 Å². The zero-order valence-corrected chi connectivity index (χ0v) is 14.7. The molecule has 0 bridgehead atoms. The third kappa shape index (κ3) is 2.74. The highest BCUT2D eigenvalue weighted by atomic mass is 16.1. The van der Waals surface area contributed by atoms with Gasteiger partial charge in [-0.1, -0.05) is 36.4 Å². The van der Waals surface area contributed by atoms with Crippen molar-refractivity contribution in [1.82, 2.24) is 4.57 Å². The minimum absolute atomic E-state index is 0.670. The SMILES string of the molecule is Cn1c2ccccc2c2cc(C=O)cc(CCN(N)c3ccccc3)c21. The highest BCUT2D eigenvalue weighted by molar-refractivity contribution is 6.10. The summed E-state index contributed by atoms with van der Waals surface area (Å²) < 4.78 is 2.21. The lowest BCUT2D eigenvalue weighted by Crippen LogP contribution is -2.32. The molecular formula is C22H21N3O. The summed E-state index contributed by atoms with van der Waals surface area (Å²) in [6, 6.07) is 22.2. The van der Waals surface area contributed by atoms with Gasteiger partial charge in [-0.25, -0.2) is 5.84 Å². The standard InChI is InChI=1S/C22H21N3O/c1-24-21-10-6-5-9-19(21)20-14-16(15-26)13-17(22(20)24)11-12-25(23)18-7-3-2-4-8-18/h2-10,13-15H,11-12,23H2,1H3. The van der Waals surface area contributed by atoms with E-state index in [2.05, 4.69) is 23.7 Å². The van der Waals surface area contributed by atoms with Gasteiger partial charge in [0, 0.05) is 35.4 Å². The molecule has 2 N–H and O–H groups in total. The Morgan fingerprint density at radius 3 is 2.50 bits per heavy atom. The maximum atomic E-state index is 11.5. The van der Waals surface area contributed by atoms with Crippen LogP contribution in [-0.2, 0) is 13.5 Å². The Balaban J connectivity index is 1.77. The number of hydrogen-bond donors (Lipinski definition) is 1. The molecule has 0 spiro atoms. The van der Waals surface area contributed by atoms with Crippen molar-refractivity contribution in [2.24, 2.45) is 12.9 Å². The summed E-state index contributed by atoms with van der Waals surface area (Å²) in [5, 5.41) is 4.04. The highest BCUT2D eigenvalue weighted by Crippen LogP contribution is 2.31. The molecule has 4 nitrogen and oxygen atoms in total. The van der Waals surface area contributed by atoms with E-state index in [0.29, 0.717) is 12.1 Å². The average Bonchev–Trinajstić information content (AvgIpc) is 2.99. The van der Waals surface area contributed by atoms with Gasteiger partial charge in [0.25, 0.3) is 0 Å². The average molecular weight is 343 g/mol. The molecule has 26 heavy (non-hydrogen) atoms. The molecule has 3 aromatic carbocycles. The van der Waals surface area contributed by atoms with E-state index in [4.69, 9.17) is 5.84 Å². The molecule has 0 aliphatic heterocycles. The Labute approximate surface area is 152 Å². The quantitative estimate of drug-likeness (QED) is 0.338. The topological polar surface area (TPSA) is 51.3 Å². The number of nitrogens with zero attached hydrogens (tertiary/aromatic N) is 2. The first kappa shape index (κ1) is 16.4. The second kappa shape index (κ2) is 6.65. The summed E-state index contributed by atoms with van der Waals surface area (Å²) in [6.07, 6.45) is 1.68. The Kier molecular flexibility index (Phi) is 4.19. The number of hydrogen-bond acceptors (Lipinski definition) is 3. The number of carbonyl (C=O) groups excluding carboxylic acids is 1. The second-order valence-electron chi connectivity index (χ2n) is 6.55. The fourth-order valence-electron chi connectivity index (χ4n) is 3.68. The van der Waals surface area contributed by atoms with E-state index in [9.17, 15) is 4.79 Å². The van der Waals surface area contributed by atoms with Crippen LogP contribution in [-0.4, -0.2) is 17.4 Å². The fourth-order valence-corrected chi connectivity index (χ4v) is 3.68. The van der Waals surface area contributed by atoms with Crippen LogP contribution < -0.4 is 10.9 Å². The van der Waals surface area contributed by atoms with Gasteiger partial charge in [-0.05, 0) is 42.3 Å². The Hall–Kier alpha value is -3.11. The summed E-state index contributed by atoms with van der Waals surface area (Å²) in [5.41, 5.74) is 5.15. The summed E-state index contributed by atoms with van der Waals surface area (Å²) >= 11 is 0. The minimum atomic E-state index is 0.670. The van der Waals surface area contributed by atoms with Gasteiger partial charge in [-0.15, -0.1) is 0 Å². The van der Waals surface area contributed by atoms with Crippen molar-refractivity contribution in [1.29, 1.82) is 0 Å². The number of para-hydroxylation sites is 2. The van der Waals surface area contributed by atoms with Gasteiger partial charge >= 0.3 is 0 Å². The Morgan fingerprint density at radius 2 is 1.73 bits per heavy atom. The maximum Gasteiger partial charge on any atom is 0.150 e. The van der Waals surface area contributed by atoms with Crippen molar-refractivity contribution < 1.29 is 4.79 Å². The number of benzene rings is 3. The normalized spacial score (nSPS) is 11.2. The predicted octanol–water partition coefficient (Wildman–Crippen LogP) is 4.07. The van der Waals surface area contributed by atoms with E-state index in [1.54, 1.807) is 5.01 Å². The van der Waals surface area contributed by atoms with Crippen molar-refractivity contribution in [2.75, 3.05) is 11.6 Å². The molecular weight excluding hydrogens is 322 g/mol. The van der Waals surface area contributed by atoms with Crippen LogP contribution in [0.1, 0.15) is 15.9 Å². The molecule has 4 aromatic rings. The number of anilines is 1. The number of aryl methyl sites for hydroxylation is 1. The molecule has 4 rings (SSSR count). The van der Waals surface area contributed by atoms with Crippen LogP contribution >= 0.6 is 0 Å². The molecule has 0 radical (unpaired) electrons. The van der Waals surface area contributed by atoms with E-state index < -0.39 is 0 Å². The third-order valence-electron chi connectivity index (χ3n) is 4.95. The van der Waals surface area contributed by atoms with E-state index in [1.807, 2.05) is 54.6 Å². The zero-order chi connectivity index (χ0) is 18.1. The molecule has 0 amide bonds. The summed E-state index contributed by atoms with van der Waals surface area (Å²) in [5.74, 6) is 6.23. The predicted molar refractivity (Wildman–Crippen MR) is 107 cm³/mol. The fraction of sp³-hybridized carbons (Fsp3) is 0.136. The van der Waals surface area contributed by atoms with Gasteiger partial charge in [0.2, 0.25) is 0 Å². The molecule has 0 unspecified atom stereocenters. The molecule has 0 atom stereocenters. The maximum absolute atomic E-state index is 11.5. The van der Waals surface area contributed by atoms with Gasteiger partial charge in [-0.2, -0.15) is 0 Å². The molecule has 0 aliphatic carbocycles. The van der Waals surface area contributed by atoms with Crippen LogP contribution in [0.2, 0.25) is 0 Å². The van der Waals surface area contributed by atoms with Gasteiger partial charge < -0.3 is 9.58 Å². The lowest BCUT2D eigenvalue weighted by atomic mass is 10.0. The van der Waals surface area contributed by atoms with Crippen LogP contribution in [0.25, 0.3) is 21.8 Å². The van der Waals surface area contributed by atoms with Crippen molar-refractivity contribution in [3.63, 3.8) is 0 Å². The molecule has 1 heterocycles. The number of rotatable bonds is 5. The van der Waals surface area contributed by atoms with Crippen LogP contribution in [0, 0.1) is 0 Å². The number of aldehydes is 1. The third-order valence-corrected chi connectivity index (χ3v) is 4.95. The summed E-state index contributed by atoms with van der Waals surface area (Å²) in [6.45, 7) is 0.670. The Bertz CT molecular complexity index is 1080. The molecule has 1 aromatic heterocycles. The molecule has 0 saturated heterocycles. The molecule has 0 fully saturated rings. The summed E-state index contributed by atoms with van der Waals surface area (Å²) in [7, 11) is 2.08. The van der Waals surface area contributed by atoms with Gasteiger partial charge in [0.05, 0.1) is 11.2 Å². The highest BCUT2D eigenvalue weighted by Gasteiger charge is 2.14. The van der Waals surface area contributed by atoms with Gasteiger partial charge in [0.15, 0.2) is 0 Å². The molecule has 4 heteroatoms. The van der Waals surface area contributed by atoms with Crippen LogP contribution in [0.15, 0.2) is 66.7 Å². The number of nitrogens with two attached hydrogens (primary N) is 1. The van der Waals surface area contributed by atoms with Crippen molar-refractivity contribution in [3.8, 4) is 0 Å². The lowest BCUT2D eigenvalue weighted by Gasteiger charge is -2.19. The van der Waals surface area contributed by atoms with Crippen molar-refractivity contribution in [2.45, 2.75) is 6.42 Å². The molecule has 0 aliphatic rings.